The van der Waals surface area contributed by atoms with Crippen molar-refractivity contribution in [3.63, 3.8) is 0 Å². The second-order valence-corrected chi connectivity index (χ2v) is 11.7. The summed E-state index contributed by atoms with van der Waals surface area (Å²) in [5.41, 5.74) is 3.93. The van der Waals surface area contributed by atoms with Gasteiger partial charge in [0, 0.05) is 29.3 Å². The van der Waals surface area contributed by atoms with E-state index in [2.05, 4.69) is 25.8 Å². The van der Waals surface area contributed by atoms with Gasteiger partial charge in [-0.15, -0.1) is 0 Å². The zero-order chi connectivity index (χ0) is 27.4. The van der Waals surface area contributed by atoms with Crippen LogP contribution in [-0.4, -0.2) is 23.2 Å². The Morgan fingerprint density at radius 2 is 1.95 bits per heavy atom. The summed E-state index contributed by atoms with van der Waals surface area (Å²) in [6, 6.07) is 10.8. The van der Waals surface area contributed by atoms with Gasteiger partial charge in [-0.25, -0.2) is 8.78 Å². The number of carboxylic acid groups (broad SMARTS) is 1. The molecule has 7 heteroatoms. The first kappa shape index (κ1) is 26.3. The molecule has 1 spiro atoms. The van der Waals surface area contributed by atoms with Crippen LogP contribution in [0.4, 0.5) is 8.78 Å². The van der Waals surface area contributed by atoms with Crippen LogP contribution in [0, 0.1) is 29.9 Å². The van der Waals surface area contributed by atoms with Gasteiger partial charge in [-0.2, -0.15) is 0 Å². The molecule has 1 fully saturated rings. The van der Waals surface area contributed by atoms with Crippen LogP contribution in [-0.2, 0) is 28.0 Å². The highest BCUT2D eigenvalue weighted by molar-refractivity contribution is 5.78. The molecule has 38 heavy (non-hydrogen) atoms. The van der Waals surface area contributed by atoms with Gasteiger partial charge in [0.1, 0.15) is 12.4 Å². The van der Waals surface area contributed by atoms with Crippen molar-refractivity contribution < 1.29 is 28.2 Å². The van der Waals surface area contributed by atoms with Gasteiger partial charge in [0.25, 0.3) is 0 Å². The number of hydrogen-bond donors (Lipinski definition) is 1. The van der Waals surface area contributed by atoms with E-state index in [-0.39, 0.29) is 23.9 Å². The molecule has 0 amide bonds. The Bertz CT molecular complexity index is 1410. The number of pyridine rings is 1. The largest absolute Gasteiger partial charge is 0.486 e. The maximum atomic E-state index is 15.6. The summed E-state index contributed by atoms with van der Waals surface area (Å²) in [6.07, 6.45) is 2.68. The van der Waals surface area contributed by atoms with Gasteiger partial charge >= 0.3 is 5.97 Å². The number of hydrogen-bond acceptors (Lipinski definition) is 4. The maximum absolute atomic E-state index is 15.6. The van der Waals surface area contributed by atoms with Crippen LogP contribution in [0.2, 0.25) is 0 Å². The van der Waals surface area contributed by atoms with Crippen LogP contribution < -0.4 is 4.74 Å². The van der Waals surface area contributed by atoms with Gasteiger partial charge in [-0.1, -0.05) is 39.0 Å². The van der Waals surface area contributed by atoms with Crippen molar-refractivity contribution in [1.82, 2.24) is 4.98 Å². The quantitative estimate of drug-likeness (QED) is 0.365. The Morgan fingerprint density at radius 1 is 1.18 bits per heavy atom. The fourth-order valence-corrected chi connectivity index (χ4v) is 6.14. The lowest BCUT2D eigenvalue weighted by Gasteiger charge is -2.32. The average molecular weight is 522 g/mol. The first-order valence-corrected chi connectivity index (χ1v) is 12.9. The van der Waals surface area contributed by atoms with Gasteiger partial charge in [-0.05, 0) is 72.1 Å². The van der Waals surface area contributed by atoms with Crippen molar-refractivity contribution in [1.29, 1.82) is 0 Å². The fourth-order valence-electron chi connectivity index (χ4n) is 6.14. The molecule has 2 aliphatic rings. The molecule has 1 N–H and O–H groups in total. The summed E-state index contributed by atoms with van der Waals surface area (Å²) in [4.78, 5) is 15.7. The predicted molar refractivity (Wildman–Crippen MR) is 140 cm³/mol. The molecular formula is C31H33F2NO4. The van der Waals surface area contributed by atoms with E-state index in [1.54, 1.807) is 19.2 Å². The normalized spacial score (nSPS) is 20.9. The van der Waals surface area contributed by atoms with Crippen molar-refractivity contribution in [2.45, 2.75) is 65.1 Å². The third kappa shape index (κ3) is 4.47. The molecule has 0 radical (unpaired) electrons. The first-order valence-electron chi connectivity index (χ1n) is 12.9. The van der Waals surface area contributed by atoms with E-state index in [9.17, 15) is 14.3 Å². The van der Waals surface area contributed by atoms with E-state index in [4.69, 9.17) is 9.47 Å². The fraction of sp³-hybridized carbons (Fsp3) is 0.419. The van der Waals surface area contributed by atoms with E-state index >= 15 is 4.39 Å². The lowest BCUT2D eigenvalue weighted by molar-refractivity contribution is -0.139. The van der Waals surface area contributed by atoms with Crippen LogP contribution in [0.1, 0.15) is 67.7 Å². The number of aryl methyl sites for hydroxylation is 2. The van der Waals surface area contributed by atoms with Crippen LogP contribution in [0.15, 0.2) is 42.6 Å². The van der Waals surface area contributed by atoms with Crippen LogP contribution in [0.25, 0.3) is 11.1 Å². The number of aliphatic carboxylic acids is 1. The van der Waals surface area contributed by atoms with E-state index < -0.39 is 28.9 Å². The molecule has 1 saturated carbocycles. The van der Waals surface area contributed by atoms with E-state index in [1.165, 1.54) is 6.20 Å². The minimum Gasteiger partial charge on any atom is -0.486 e. The lowest BCUT2D eigenvalue weighted by atomic mass is 9.81. The van der Waals surface area contributed by atoms with Crippen LogP contribution in [0.3, 0.4) is 0 Å². The molecule has 200 valence electrons. The summed E-state index contributed by atoms with van der Waals surface area (Å²) >= 11 is 0. The van der Waals surface area contributed by atoms with Gasteiger partial charge in [0.2, 0.25) is 0 Å². The second-order valence-electron chi connectivity index (χ2n) is 11.7. The van der Waals surface area contributed by atoms with Crippen molar-refractivity contribution in [3.8, 4) is 16.9 Å². The third-order valence-corrected chi connectivity index (χ3v) is 8.00. The molecule has 1 aromatic heterocycles. The van der Waals surface area contributed by atoms with E-state index in [1.807, 2.05) is 31.2 Å². The number of nitrogens with zero attached hydrogens (tertiary/aromatic N) is 1. The number of carbonyl (C=O) groups is 1. The molecule has 5 nitrogen and oxygen atoms in total. The Kier molecular flexibility index (Phi) is 6.54. The number of benzene rings is 2. The Morgan fingerprint density at radius 3 is 2.61 bits per heavy atom. The summed E-state index contributed by atoms with van der Waals surface area (Å²) in [5.74, 6) is -2.17. The Hall–Kier alpha value is -3.32. The molecule has 0 bridgehead atoms. The highest BCUT2D eigenvalue weighted by Gasteiger charge is 2.63. The monoisotopic (exact) mass is 521 g/mol. The number of carboxylic acids is 1. The van der Waals surface area contributed by atoms with Gasteiger partial charge in [-0.3, -0.25) is 9.78 Å². The van der Waals surface area contributed by atoms with Crippen LogP contribution in [0.5, 0.6) is 5.75 Å². The minimum atomic E-state index is -0.872. The topological polar surface area (TPSA) is 68.7 Å². The summed E-state index contributed by atoms with van der Waals surface area (Å²) in [7, 11) is 1.63. The second kappa shape index (κ2) is 9.45. The summed E-state index contributed by atoms with van der Waals surface area (Å²) in [5, 5.41) is 9.51. The average Bonchev–Trinajstić information content (AvgIpc) is 3.47. The lowest BCUT2D eigenvalue weighted by Crippen LogP contribution is -2.21. The molecular weight excluding hydrogens is 488 g/mol. The van der Waals surface area contributed by atoms with Gasteiger partial charge < -0.3 is 14.6 Å². The SMILES string of the molecule is CO[C@H](c1cc(COc2ccc3c(c2F)[C@]2(CC3)C[C@H]2C(=O)O)ccc1-c1cc(C)ncc1F)C(C)(C)C. The van der Waals surface area contributed by atoms with Crippen molar-refractivity contribution in [3.05, 3.63) is 82.2 Å². The minimum absolute atomic E-state index is 0.0940. The predicted octanol–water partition coefficient (Wildman–Crippen LogP) is 6.94. The zero-order valence-corrected chi connectivity index (χ0v) is 22.4. The smallest absolute Gasteiger partial charge is 0.307 e. The summed E-state index contributed by atoms with van der Waals surface area (Å²) in [6.45, 7) is 8.08. The van der Waals surface area contributed by atoms with Crippen LogP contribution >= 0.6 is 0 Å². The third-order valence-electron chi connectivity index (χ3n) is 8.00. The molecule has 3 atom stereocenters. The summed E-state index contributed by atoms with van der Waals surface area (Å²) < 4.78 is 42.4. The molecule has 2 aliphatic carbocycles. The number of fused-ring (bicyclic) bond motifs is 2. The molecule has 2 aromatic carbocycles. The molecule has 0 aliphatic heterocycles. The number of aromatic nitrogens is 1. The van der Waals surface area contributed by atoms with Crippen molar-refractivity contribution in [2.24, 2.45) is 11.3 Å². The van der Waals surface area contributed by atoms with Crippen molar-refractivity contribution >= 4 is 5.97 Å². The number of rotatable bonds is 7. The molecule has 3 aromatic rings. The standard InChI is InChI=1S/C31H33F2NO4/c1-17-12-21(24(32)15-34-17)20-8-6-18(13-22(20)28(37-5)30(2,3)4)16-38-25-9-7-19-10-11-31(26(19)27(25)33)14-23(31)29(35)36/h6-9,12-13,15,23,28H,10-11,14,16H2,1-5H3,(H,35,36)/t23-,28+,31+/m0/s1. The van der Waals surface area contributed by atoms with E-state index in [0.29, 0.717) is 41.6 Å². The van der Waals surface area contributed by atoms with Gasteiger partial charge in [0.05, 0.1) is 18.2 Å². The van der Waals surface area contributed by atoms with E-state index in [0.717, 1.165) is 16.7 Å². The molecule has 5 rings (SSSR count). The maximum Gasteiger partial charge on any atom is 0.307 e. The number of methoxy groups -OCH3 is 1. The van der Waals surface area contributed by atoms with Crippen molar-refractivity contribution in [2.75, 3.05) is 7.11 Å². The first-order chi connectivity index (χ1) is 18.0. The Balaban J connectivity index is 1.48. The number of halogens is 2. The van der Waals surface area contributed by atoms with Gasteiger partial charge in [0.15, 0.2) is 11.6 Å². The zero-order valence-electron chi connectivity index (χ0n) is 22.4. The highest BCUT2D eigenvalue weighted by Crippen LogP contribution is 2.62. The molecule has 0 saturated heterocycles. The number of ether oxygens (including phenoxy) is 2. The molecule has 0 unspecified atom stereocenters. The Labute approximate surface area is 221 Å². The molecule has 1 heterocycles. The highest BCUT2D eigenvalue weighted by atomic mass is 19.1.